The van der Waals surface area contributed by atoms with Crippen molar-refractivity contribution < 1.29 is 19.4 Å². The molecule has 1 aromatic rings. The summed E-state index contributed by atoms with van der Waals surface area (Å²) in [6.45, 7) is 0.600. The fraction of sp³-hybridized carbons (Fsp3) is 0.364. The molecule has 1 aliphatic rings. The summed E-state index contributed by atoms with van der Waals surface area (Å²) in [5.74, 6) is -1.07. The fourth-order valence-corrected chi connectivity index (χ4v) is 1.68. The van der Waals surface area contributed by atoms with E-state index in [0.717, 1.165) is 0 Å². The first-order chi connectivity index (χ1) is 8.68. The van der Waals surface area contributed by atoms with Gasteiger partial charge < -0.3 is 20.1 Å². The lowest BCUT2D eigenvalue weighted by Gasteiger charge is -2.32. The smallest absolute Gasteiger partial charge is 0.328 e. The first-order valence-electron chi connectivity index (χ1n) is 5.46. The Kier molecular flexibility index (Phi) is 3.73. The van der Waals surface area contributed by atoms with E-state index >= 15 is 0 Å². The van der Waals surface area contributed by atoms with Gasteiger partial charge in [0, 0.05) is 12.7 Å². The Balaban J connectivity index is 2.05. The number of nitrogens with zero attached hydrogens (tertiary/aromatic N) is 2. The van der Waals surface area contributed by atoms with Crippen molar-refractivity contribution in [1.82, 2.24) is 9.88 Å². The first-order valence-corrected chi connectivity index (χ1v) is 5.46. The summed E-state index contributed by atoms with van der Waals surface area (Å²) in [6, 6.07) is 1.96. The van der Waals surface area contributed by atoms with Crippen molar-refractivity contribution in [2.45, 2.75) is 6.04 Å². The van der Waals surface area contributed by atoms with E-state index in [1.54, 1.807) is 18.3 Å². The number of hydrogen-bond donors (Lipinski definition) is 2. The van der Waals surface area contributed by atoms with Crippen LogP contribution in [0.4, 0.5) is 10.5 Å². The molecule has 0 bridgehead atoms. The number of amides is 2. The number of urea groups is 1. The third-order valence-electron chi connectivity index (χ3n) is 2.59. The van der Waals surface area contributed by atoms with E-state index in [1.165, 1.54) is 11.1 Å². The molecule has 96 valence electrons. The monoisotopic (exact) mass is 251 g/mol. The van der Waals surface area contributed by atoms with Crippen molar-refractivity contribution in [3.8, 4) is 0 Å². The van der Waals surface area contributed by atoms with Gasteiger partial charge in [-0.3, -0.25) is 4.98 Å². The zero-order valence-corrected chi connectivity index (χ0v) is 9.57. The molecule has 7 heteroatoms. The van der Waals surface area contributed by atoms with Gasteiger partial charge in [0.1, 0.15) is 0 Å². The van der Waals surface area contributed by atoms with E-state index < -0.39 is 18.0 Å². The van der Waals surface area contributed by atoms with Crippen LogP contribution in [0.2, 0.25) is 0 Å². The van der Waals surface area contributed by atoms with Gasteiger partial charge >= 0.3 is 12.0 Å². The molecule has 2 heterocycles. The number of carboxylic acids is 1. The summed E-state index contributed by atoms with van der Waals surface area (Å²) in [4.78, 5) is 28.1. The standard InChI is InChI=1S/C11H13N3O4/c15-10(16)9-7-18-5-4-14(9)11(17)13-8-2-1-3-12-6-8/h1-3,6,9H,4-5,7H2,(H,13,17)(H,15,16). The van der Waals surface area contributed by atoms with E-state index in [9.17, 15) is 9.59 Å². The summed E-state index contributed by atoms with van der Waals surface area (Å²) in [5, 5.41) is 11.6. The van der Waals surface area contributed by atoms with Crippen LogP contribution in [0.25, 0.3) is 0 Å². The lowest BCUT2D eigenvalue weighted by atomic mass is 10.2. The van der Waals surface area contributed by atoms with Crippen LogP contribution in [0, 0.1) is 0 Å². The van der Waals surface area contributed by atoms with Gasteiger partial charge in [-0.15, -0.1) is 0 Å². The van der Waals surface area contributed by atoms with Crippen molar-refractivity contribution in [1.29, 1.82) is 0 Å². The molecule has 0 aromatic carbocycles. The van der Waals surface area contributed by atoms with Crippen LogP contribution in [0.1, 0.15) is 0 Å². The molecule has 1 aliphatic heterocycles. The molecule has 0 aliphatic carbocycles. The van der Waals surface area contributed by atoms with E-state index in [4.69, 9.17) is 9.84 Å². The summed E-state index contributed by atoms with van der Waals surface area (Å²) >= 11 is 0. The molecular formula is C11H13N3O4. The maximum absolute atomic E-state index is 12.0. The van der Waals surface area contributed by atoms with Gasteiger partial charge in [0.15, 0.2) is 6.04 Å². The molecule has 7 nitrogen and oxygen atoms in total. The number of aromatic nitrogens is 1. The minimum atomic E-state index is -1.07. The lowest BCUT2D eigenvalue weighted by Crippen LogP contribution is -2.53. The highest BCUT2D eigenvalue weighted by Crippen LogP contribution is 2.11. The predicted molar refractivity (Wildman–Crippen MR) is 62.2 cm³/mol. The Labute approximate surface area is 103 Å². The molecule has 2 amide bonds. The van der Waals surface area contributed by atoms with E-state index in [1.807, 2.05) is 0 Å². The average Bonchev–Trinajstić information content (AvgIpc) is 2.40. The second-order valence-electron chi connectivity index (χ2n) is 3.79. The molecule has 1 atom stereocenters. The van der Waals surface area contributed by atoms with Gasteiger partial charge in [0.25, 0.3) is 0 Å². The van der Waals surface area contributed by atoms with E-state index in [2.05, 4.69) is 10.3 Å². The van der Waals surface area contributed by atoms with E-state index in [-0.39, 0.29) is 13.2 Å². The van der Waals surface area contributed by atoms with Crippen LogP contribution in [-0.4, -0.2) is 52.8 Å². The molecule has 1 fully saturated rings. The van der Waals surface area contributed by atoms with Gasteiger partial charge in [-0.25, -0.2) is 9.59 Å². The molecule has 0 radical (unpaired) electrons. The number of nitrogens with one attached hydrogen (secondary N) is 1. The Morgan fingerprint density at radius 1 is 1.56 bits per heavy atom. The minimum absolute atomic E-state index is 0.00972. The second kappa shape index (κ2) is 5.46. The zero-order valence-electron chi connectivity index (χ0n) is 9.57. The normalized spacial score (nSPS) is 19.3. The highest BCUT2D eigenvalue weighted by molar-refractivity contribution is 5.92. The SMILES string of the molecule is O=C(O)C1COCCN1C(=O)Nc1cccnc1. The molecule has 2 N–H and O–H groups in total. The summed E-state index contributed by atoms with van der Waals surface area (Å²) in [6.07, 6.45) is 3.08. The Hall–Kier alpha value is -2.15. The van der Waals surface area contributed by atoms with Gasteiger partial charge in [-0.05, 0) is 12.1 Å². The van der Waals surface area contributed by atoms with Crippen molar-refractivity contribution >= 4 is 17.7 Å². The molecule has 18 heavy (non-hydrogen) atoms. The molecule has 1 saturated heterocycles. The van der Waals surface area contributed by atoms with Crippen LogP contribution in [0.5, 0.6) is 0 Å². The number of carboxylic acid groups (broad SMARTS) is 1. The van der Waals surface area contributed by atoms with Gasteiger partial charge in [-0.2, -0.15) is 0 Å². The number of pyridine rings is 1. The van der Waals surface area contributed by atoms with Crippen molar-refractivity contribution in [2.75, 3.05) is 25.1 Å². The summed E-state index contributed by atoms with van der Waals surface area (Å²) in [5.41, 5.74) is 0.526. The number of carbonyl (C=O) groups excluding carboxylic acids is 1. The topological polar surface area (TPSA) is 91.8 Å². The summed E-state index contributed by atoms with van der Waals surface area (Å²) < 4.78 is 5.06. The number of anilines is 1. The van der Waals surface area contributed by atoms with Gasteiger partial charge in [-0.1, -0.05) is 0 Å². The highest BCUT2D eigenvalue weighted by atomic mass is 16.5. The molecular weight excluding hydrogens is 238 g/mol. The molecule has 0 saturated carbocycles. The third kappa shape index (κ3) is 2.75. The third-order valence-corrected chi connectivity index (χ3v) is 2.59. The summed E-state index contributed by atoms with van der Waals surface area (Å²) in [7, 11) is 0. The predicted octanol–water partition coefficient (Wildman–Crippen LogP) is 0.399. The quantitative estimate of drug-likeness (QED) is 0.793. The molecule has 1 aromatic heterocycles. The number of hydrogen-bond acceptors (Lipinski definition) is 4. The number of rotatable bonds is 2. The van der Waals surface area contributed by atoms with Crippen LogP contribution in [0.15, 0.2) is 24.5 Å². The Morgan fingerprint density at radius 3 is 3.06 bits per heavy atom. The molecule has 2 rings (SSSR count). The lowest BCUT2D eigenvalue weighted by molar-refractivity contribution is -0.147. The Morgan fingerprint density at radius 2 is 2.39 bits per heavy atom. The zero-order chi connectivity index (χ0) is 13.0. The maximum atomic E-state index is 12.0. The fourth-order valence-electron chi connectivity index (χ4n) is 1.68. The number of ether oxygens (including phenoxy) is 1. The molecule has 0 spiro atoms. The first kappa shape index (κ1) is 12.3. The van der Waals surface area contributed by atoms with Crippen LogP contribution in [0.3, 0.4) is 0 Å². The Bertz CT molecular complexity index is 437. The van der Waals surface area contributed by atoms with Crippen LogP contribution >= 0.6 is 0 Å². The van der Waals surface area contributed by atoms with Crippen molar-refractivity contribution in [2.24, 2.45) is 0 Å². The largest absolute Gasteiger partial charge is 0.480 e. The maximum Gasteiger partial charge on any atom is 0.328 e. The van der Waals surface area contributed by atoms with Crippen molar-refractivity contribution in [3.63, 3.8) is 0 Å². The minimum Gasteiger partial charge on any atom is -0.480 e. The van der Waals surface area contributed by atoms with Crippen molar-refractivity contribution in [3.05, 3.63) is 24.5 Å². The number of aliphatic carboxylic acids is 1. The van der Waals surface area contributed by atoms with Crippen LogP contribution in [-0.2, 0) is 9.53 Å². The van der Waals surface area contributed by atoms with E-state index in [0.29, 0.717) is 12.3 Å². The van der Waals surface area contributed by atoms with Crippen LogP contribution < -0.4 is 5.32 Å². The number of carbonyl (C=O) groups is 2. The highest BCUT2D eigenvalue weighted by Gasteiger charge is 2.32. The average molecular weight is 251 g/mol. The number of morpholine rings is 1. The van der Waals surface area contributed by atoms with Gasteiger partial charge in [0.05, 0.1) is 25.1 Å². The van der Waals surface area contributed by atoms with Gasteiger partial charge in [0.2, 0.25) is 0 Å². The second-order valence-corrected chi connectivity index (χ2v) is 3.79. The molecule has 1 unspecified atom stereocenters.